The molecule has 0 aliphatic rings. The molecule has 0 radical (unpaired) electrons. The number of nitrogens with zero attached hydrogens (tertiary/aromatic N) is 2. The lowest BCUT2D eigenvalue weighted by Crippen LogP contribution is -2.15. The molecule has 0 aliphatic heterocycles. The Morgan fingerprint density at radius 3 is 1.12 bits per heavy atom. The molecular formula is C36H28N2O2. The fourth-order valence-corrected chi connectivity index (χ4v) is 5.86. The number of aryl methyl sites for hydroxylation is 4. The van der Waals surface area contributed by atoms with E-state index in [0.29, 0.717) is 21.5 Å². The zero-order valence-corrected chi connectivity index (χ0v) is 22.9. The predicted octanol–water partition coefficient (Wildman–Crippen LogP) is 7.83. The highest BCUT2D eigenvalue weighted by Gasteiger charge is 2.18. The van der Waals surface area contributed by atoms with E-state index in [1.54, 1.807) is 0 Å². The first-order chi connectivity index (χ1) is 19.3. The molecule has 4 heteroatoms. The van der Waals surface area contributed by atoms with Crippen LogP contribution in [-0.2, 0) is 0 Å². The summed E-state index contributed by atoms with van der Waals surface area (Å²) in [5.74, 6) is 0. The quantitative estimate of drug-likeness (QED) is 0.218. The molecule has 0 N–H and O–H groups in total. The molecule has 194 valence electrons. The Balaban J connectivity index is 1.75. The summed E-state index contributed by atoms with van der Waals surface area (Å²) >= 11 is 0. The van der Waals surface area contributed by atoms with Gasteiger partial charge in [-0.2, -0.15) is 0 Å². The average molecular weight is 521 g/mol. The predicted molar refractivity (Wildman–Crippen MR) is 167 cm³/mol. The van der Waals surface area contributed by atoms with Gasteiger partial charge in [-0.1, -0.05) is 58.7 Å². The minimum atomic E-state index is -0.0652. The monoisotopic (exact) mass is 520 g/mol. The molecule has 2 aromatic heterocycles. The van der Waals surface area contributed by atoms with Gasteiger partial charge in [-0.15, -0.1) is 0 Å². The highest BCUT2D eigenvalue weighted by atomic mass is 16.1. The van der Waals surface area contributed by atoms with E-state index < -0.39 is 0 Å². The zero-order valence-electron chi connectivity index (χ0n) is 22.9. The smallest absolute Gasteiger partial charge is 0.197 e. The first-order valence-electron chi connectivity index (χ1n) is 13.5. The van der Waals surface area contributed by atoms with Crippen LogP contribution >= 0.6 is 0 Å². The van der Waals surface area contributed by atoms with Gasteiger partial charge in [0, 0.05) is 32.9 Å². The topological polar surface area (TPSA) is 44.0 Å². The third-order valence-corrected chi connectivity index (χ3v) is 7.94. The van der Waals surface area contributed by atoms with Crippen LogP contribution in [0, 0.1) is 27.7 Å². The van der Waals surface area contributed by atoms with Crippen LogP contribution in [0.3, 0.4) is 0 Å². The second-order valence-corrected chi connectivity index (χ2v) is 10.9. The molecule has 0 fully saturated rings. The Labute approximate surface area is 231 Å². The first-order valence-corrected chi connectivity index (χ1v) is 13.5. The maximum absolute atomic E-state index is 14.0. The summed E-state index contributed by atoms with van der Waals surface area (Å²) in [7, 11) is 0. The number of fused-ring (bicyclic) bond motifs is 4. The van der Waals surface area contributed by atoms with Crippen LogP contribution < -0.4 is 10.9 Å². The van der Waals surface area contributed by atoms with E-state index in [9.17, 15) is 9.59 Å². The minimum Gasteiger partial charge on any atom is -0.309 e. The van der Waals surface area contributed by atoms with Crippen molar-refractivity contribution < 1.29 is 0 Å². The lowest BCUT2D eigenvalue weighted by atomic mass is 10.0. The maximum atomic E-state index is 14.0. The van der Waals surface area contributed by atoms with Crippen molar-refractivity contribution in [3.05, 3.63) is 140 Å². The summed E-state index contributed by atoms with van der Waals surface area (Å²) in [5, 5.41) is 2.35. The van der Waals surface area contributed by atoms with Crippen molar-refractivity contribution in [3.63, 3.8) is 0 Å². The van der Waals surface area contributed by atoms with Gasteiger partial charge >= 0.3 is 0 Å². The summed E-state index contributed by atoms with van der Waals surface area (Å²) in [5.41, 5.74) is 9.37. The van der Waals surface area contributed by atoms with Crippen LogP contribution in [0.1, 0.15) is 22.3 Å². The van der Waals surface area contributed by atoms with Crippen LogP contribution in [0.4, 0.5) is 0 Å². The van der Waals surface area contributed by atoms with E-state index in [1.165, 1.54) is 0 Å². The number of hydrogen-bond acceptors (Lipinski definition) is 2. The molecule has 7 rings (SSSR count). The molecule has 0 bridgehead atoms. The first kappa shape index (κ1) is 24.1. The SMILES string of the molecule is Cc1ccc(-n2c3ccc(C)cc3c(=O)c3cc4c(=O)c5cc(C)ccc5n(-c5ccc(C)cc5)c4cc32)cc1. The number of hydrogen-bond donors (Lipinski definition) is 0. The van der Waals surface area contributed by atoms with Crippen LogP contribution in [0.15, 0.2) is 107 Å². The summed E-state index contributed by atoms with van der Waals surface area (Å²) in [6, 6.07) is 32.5. The van der Waals surface area contributed by atoms with Crippen LogP contribution in [0.5, 0.6) is 0 Å². The van der Waals surface area contributed by atoms with E-state index >= 15 is 0 Å². The van der Waals surface area contributed by atoms with E-state index in [1.807, 2.05) is 62.4 Å². The van der Waals surface area contributed by atoms with E-state index in [4.69, 9.17) is 0 Å². The van der Waals surface area contributed by atoms with Crippen molar-refractivity contribution in [1.82, 2.24) is 9.13 Å². The van der Waals surface area contributed by atoms with Crippen molar-refractivity contribution in [1.29, 1.82) is 0 Å². The molecule has 0 amide bonds. The number of rotatable bonds is 2. The number of benzene rings is 5. The molecular weight excluding hydrogens is 492 g/mol. The second-order valence-electron chi connectivity index (χ2n) is 10.9. The highest BCUT2D eigenvalue weighted by molar-refractivity contribution is 6.05. The standard InChI is InChI=1S/C36H28N2O2/c1-21-5-11-25(12-6-21)37-31-15-9-23(3)17-27(31)35(39)29-19-30-34(20-33(29)37)38(26-13-7-22(2)8-14-26)32-16-10-24(4)18-28(32)36(30)40/h5-20H,1-4H3. The molecule has 5 aromatic carbocycles. The summed E-state index contributed by atoms with van der Waals surface area (Å²) in [4.78, 5) is 28.0. The summed E-state index contributed by atoms with van der Waals surface area (Å²) in [6.07, 6.45) is 0. The van der Waals surface area contributed by atoms with Crippen molar-refractivity contribution >= 4 is 43.6 Å². The molecule has 0 saturated carbocycles. The van der Waals surface area contributed by atoms with Gasteiger partial charge < -0.3 is 9.13 Å². The number of pyridine rings is 2. The van der Waals surface area contributed by atoms with E-state index in [0.717, 1.165) is 55.7 Å². The fourth-order valence-electron chi connectivity index (χ4n) is 5.86. The van der Waals surface area contributed by atoms with Crippen LogP contribution in [-0.4, -0.2) is 9.13 Å². The minimum absolute atomic E-state index is 0.0652. The number of aromatic nitrogens is 2. The van der Waals surface area contributed by atoms with Crippen molar-refractivity contribution in [3.8, 4) is 11.4 Å². The molecule has 7 aromatic rings. The molecule has 0 saturated heterocycles. The summed E-state index contributed by atoms with van der Waals surface area (Å²) in [6.45, 7) is 8.12. The molecule has 0 atom stereocenters. The Morgan fingerprint density at radius 2 is 0.725 bits per heavy atom. The normalized spacial score (nSPS) is 11.7. The van der Waals surface area contributed by atoms with E-state index in [-0.39, 0.29) is 10.9 Å². The van der Waals surface area contributed by atoms with Gasteiger partial charge in [-0.25, -0.2) is 0 Å². The Morgan fingerprint density at radius 1 is 0.375 bits per heavy atom. The molecule has 0 aliphatic carbocycles. The van der Waals surface area contributed by atoms with Gasteiger partial charge in [0.1, 0.15) is 0 Å². The lowest BCUT2D eigenvalue weighted by molar-refractivity contribution is 1.14. The molecule has 0 unspecified atom stereocenters. The lowest BCUT2D eigenvalue weighted by Gasteiger charge is -2.20. The van der Waals surface area contributed by atoms with Crippen LogP contribution in [0.25, 0.3) is 55.0 Å². The zero-order chi connectivity index (χ0) is 27.7. The van der Waals surface area contributed by atoms with Gasteiger partial charge in [0.25, 0.3) is 0 Å². The van der Waals surface area contributed by atoms with Crippen molar-refractivity contribution in [2.45, 2.75) is 27.7 Å². The van der Waals surface area contributed by atoms with Gasteiger partial charge in [0.05, 0.1) is 22.1 Å². The van der Waals surface area contributed by atoms with Crippen molar-refractivity contribution in [2.24, 2.45) is 0 Å². The molecule has 2 heterocycles. The second kappa shape index (κ2) is 8.78. The maximum Gasteiger partial charge on any atom is 0.197 e. The third-order valence-electron chi connectivity index (χ3n) is 7.94. The Hall–Kier alpha value is -4.96. The van der Waals surface area contributed by atoms with Gasteiger partial charge in [0.2, 0.25) is 0 Å². The Bertz CT molecular complexity index is 2110. The highest BCUT2D eigenvalue weighted by Crippen LogP contribution is 2.31. The molecule has 0 spiro atoms. The molecule has 40 heavy (non-hydrogen) atoms. The largest absolute Gasteiger partial charge is 0.309 e. The Kier molecular flexibility index (Phi) is 5.29. The summed E-state index contributed by atoms with van der Waals surface area (Å²) < 4.78 is 4.29. The van der Waals surface area contributed by atoms with Gasteiger partial charge in [0.15, 0.2) is 10.9 Å². The van der Waals surface area contributed by atoms with Gasteiger partial charge in [-0.3, -0.25) is 9.59 Å². The average Bonchev–Trinajstić information content (AvgIpc) is 2.95. The third kappa shape index (κ3) is 3.60. The fraction of sp³-hybridized carbons (Fsp3) is 0.111. The van der Waals surface area contributed by atoms with Crippen molar-refractivity contribution in [2.75, 3.05) is 0 Å². The van der Waals surface area contributed by atoms with Crippen LogP contribution in [0.2, 0.25) is 0 Å². The van der Waals surface area contributed by atoms with E-state index in [2.05, 4.69) is 71.5 Å². The van der Waals surface area contributed by atoms with Gasteiger partial charge in [-0.05, 0) is 88.4 Å². The molecule has 4 nitrogen and oxygen atoms in total.